The number of halogens is 1. The highest BCUT2D eigenvalue weighted by Crippen LogP contribution is 2.22. The zero-order chi connectivity index (χ0) is 12.6. The van der Waals surface area contributed by atoms with E-state index in [0.717, 1.165) is 5.56 Å². The third-order valence-corrected chi connectivity index (χ3v) is 3.63. The number of nitrogens with zero attached hydrogens (tertiary/aromatic N) is 1. The van der Waals surface area contributed by atoms with Crippen LogP contribution in [0.2, 0.25) is 5.02 Å². The molecule has 0 saturated carbocycles. The van der Waals surface area contributed by atoms with E-state index in [9.17, 15) is 4.79 Å². The number of carbonyl (C=O) groups excluding carboxylic acids is 1. The molecule has 1 amide bonds. The normalized spacial score (nSPS) is 24.1. The van der Waals surface area contributed by atoms with Crippen LogP contribution in [0.15, 0.2) is 18.2 Å². The zero-order valence-electron chi connectivity index (χ0n) is 10.1. The highest BCUT2D eigenvalue weighted by molar-refractivity contribution is 6.33. The van der Waals surface area contributed by atoms with Crippen molar-refractivity contribution in [3.05, 3.63) is 34.3 Å². The Hall–Kier alpha value is -1.06. The summed E-state index contributed by atoms with van der Waals surface area (Å²) in [6.07, 6.45) is 0. The van der Waals surface area contributed by atoms with Gasteiger partial charge >= 0.3 is 0 Å². The minimum atomic E-state index is -0.0187. The number of likely N-dealkylation sites (tertiary alicyclic amines) is 1. The number of hydrogen-bond acceptors (Lipinski definition) is 2. The lowest BCUT2D eigenvalue weighted by Crippen LogP contribution is -2.32. The van der Waals surface area contributed by atoms with Gasteiger partial charge in [-0.15, -0.1) is 0 Å². The third kappa shape index (κ3) is 2.45. The van der Waals surface area contributed by atoms with Crippen molar-refractivity contribution in [3.8, 4) is 0 Å². The number of aryl methyl sites for hydroxylation is 1. The molecule has 92 valence electrons. The monoisotopic (exact) mass is 252 g/mol. The van der Waals surface area contributed by atoms with Crippen LogP contribution in [0, 0.1) is 12.8 Å². The summed E-state index contributed by atoms with van der Waals surface area (Å²) in [6.45, 7) is 5.34. The van der Waals surface area contributed by atoms with Crippen molar-refractivity contribution < 1.29 is 4.79 Å². The van der Waals surface area contributed by atoms with Crippen molar-refractivity contribution in [2.75, 3.05) is 13.1 Å². The summed E-state index contributed by atoms with van der Waals surface area (Å²) in [4.78, 5) is 14.0. The van der Waals surface area contributed by atoms with Crippen molar-refractivity contribution in [2.45, 2.75) is 19.9 Å². The maximum absolute atomic E-state index is 12.3. The largest absolute Gasteiger partial charge is 0.337 e. The Balaban J connectivity index is 2.20. The molecule has 1 aromatic rings. The van der Waals surface area contributed by atoms with E-state index in [0.29, 0.717) is 29.6 Å². The lowest BCUT2D eigenvalue weighted by atomic mass is 10.1. The van der Waals surface area contributed by atoms with Crippen LogP contribution in [0.1, 0.15) is 22.8 Å². The summed E-state index contributed by atoms with van der Waals surface area (Å²) < 4.78 is 0. The van der Waals surface area contributed by atoms with Gasteiger partial charge in [0, 0.05) is 19.1 Å². The molecule has 2 rings (SSSR count). The molecule has 2 atom stereocenters. The average Bonchev–Trinajstić information content (AvgIpc) is 2.58. The Morgan fingerprint density at radius 1 is 1.47 bits per heavy atom. The van der Waals surface area contributed by atoms with E-state index in [4.69, 9.17) is 17.3 Å². The van der Waals surface area contributed by atoms with Crippen LogP contribution in [0.3, 0.4) is 0 Å². The lowest BCUT2D eigenvalue weighted by Gasteiger charge is -2.16. The summed E-state index contributed by atoms with van der Waals surface area (Å²) in [5.41, 5.74) is 7.54. The van der Waals surface area contributed by atoms with Gasteiger partial charge in [-0.25, -0.2) is 0 Å². The maximum atomic E-state index is 12.3. The van der Waals surface area contributed by atoms with Gasteiger partial charge in [-0.3, -0.25) is 4.79 Å². The van der Waals surface area contributed by atoms with Gasteiger partial charge in [-0.2, -0.15) is 0 Å². The first kappa shape index (κ1) is 12.4. The van der Waals surface area contributed by atoms with E-state index in [-0.39, 0.29) is 11.9 Å². The number of amides is 1. The molecule has 0 bridgehead atoms. The van der Waals surface area contributed by atoms with Gasteiger partial charge in [-0.05, 0) is 30.5 Å². The van der Waals surface area contributed by atoms with Crippen molar-refractivity contribution in [2.24, 2.45) is 11.7 Å². The Kier molecular flexibility index (Phi) is 3.40. The quantitative estimate of drug-likeness (QED) is 0.832. The molecule has 3 nitrogen and oxygen atoms in total. The lowest BCUT2D eigenvalue weighted by molar-refractivity contribution is 0.0787. The minimum absolute atomic E-state index is 0.0187. The van der Waals surface area contributed by atoms with Crippen LogP contribution in [-0.4, -0.2) is 29.9 Å². The first-order valence-electron chi connectivity index (χ1n) is 5.80. The van der Waals surface area contributed by atoms with Gasteiger partial charge in [0.15, 0.2) is 0 Å². The molecule has 1 heterocycles. The predicted molar refractivity (Wildman–Crippen MR) is 69.2 cm³/mol. The summed E-state index contributed by atoms with van der Waals surface area (Å²) in [6, 6.07) is 5.57. The van der Waals surface area contributed by atoms with Crippen LogP contribution in [-0.2, 0) is 0 Å². The molecule has 1 fully saturated rings. The Labute approximate surface area is 107 Å². The second-order valence-electron chi connectivity index (χ2n) is 4.83. The molecular formula is C13H17ClN2O. The fourth-order valence-electron chi connectivity index (χ4n) is 2.12. The van der Waals surface area contributed by atoms with Gasteiger partial charge in [0.2, 0.25) is 0 Å². The van der Waals surface area contributed by atoms with Crippen molar-refractivity contribution in [3.63, 3.8) is 0 Å². The number of nitrogens with two attached hydrogens (primary N) is 1. The molecule has 0 aliphatic carbocycles. The molecule has 0 aromatic heterocycles. The number of benzene rings is 1. The number of rotatable bonds is 1. The summed E-state index contributed by atoms with van der Waals surface area (Å²) >= 11 is 6.10. The van der Waals surface area contributed by atoms with E-state index in [2.05, 4.69) is 6.92 Å². The third-order valence-electron chi connectivity index (χ3n) is 3.31. The molecule has 0 spiro atoms. The first-order chi connectivity index (χ1) is 7.99. The van der Waals surface area contributed by atoms with Crippen LogP contribution < -0.4 is 5.73 Å². The van der Waals surface area contributed by atoms with E-state index in [1.165, 1.54) is 0 Å². The van der Waals surface area contributed by atoms with Gasteiger partial charge in [0.25, 0.3) is 5.91 Å². The first-order valence-corrected chi connectivity index (χ1v) is 6.18. The second-order valence-corrected chi connectivity index (χ2v) is 5.24. The molecule has 1 aliphatic heterocycles. The predicted octanol–water partition coefficient (Wildman–Crippen LogP) is 2.07. The van der Waals surface area contributed by atoms with Gasteiger partial charge in [0.05, 0.1) is 10.6 Å². The zero-order valence-corrected chi connectivity index (χ0v) is 10.9. The van der Waals surface area contributed by atoms with Gasteiger partial charge in [-0.1, -0.05) is 24.6 Å². The SMILES string of the molecule is Cc1ccc(C(=O)N2CC(C)C(N)C2)c(Cl)c1. The Morgan fingerprint density at radius 3 is 2.71 bits per heavy atom. The molecule has 2 N–H and O–H groups in total. The van der Waals surface area contributed by atoms with Crippen LogP contribution >= 0.6 is 11.6 Å². The number of carbonyl (C=O) groups is 1. The molecule has 1 aromatic carbocycles. The number of hydrogen-bond donors (Lipinski definition) is 1. The van der Waals surface area contributed by atoms with Crippen molar-refractivity contribution in [1.82, 2.24) is 4.90 Å². The summed E-state index contributed by atoms with van der Waals surface area (Å²) in [5.74, 6) is 0.331. The molecule has 1 aliphatic rings. The molecule has 1 saturated heterocycles. The molecule has 2 unspecified atom stereocenters. The Bertz CT molecular complexity index is 437. The van der Waals surface area contributed by atoms with Gasteiger partial charge in [0.1, 0.15) is 0 Å². The van der Waals surface area contributed by atoms with E-state index >= 15 is 0 Å². The second kappa shape index (κ2) is 4.67. The summed E-state index contributed by atoms with van der Waals surface area (Å²) in [7, 11) is 0. The average molecular weight is 253 g/mol. The fraction of sp³-hybridized carbons (Fsp3) is 0.462. The highest BCUT2D eigenvalue weighted by Gasteiger charge is 2.30. The smallest absolute Gasteiger partial charge is 0.255 e. The standard InChI is InChI=1S/C13H17ClN2O/c1-8-3-4-10(11(14)5-8)13(17)16-6-9(2)12(15)7-16/h3-5,9,12H,6-7,15H2,1-2H3. The van der Waals surface area contributed by atoms with E-state index < -0.39 is 0 Å². The highest BCUT2D eigenvalue weighted by atomic mass is 35.5. The molecular weight excluding hydrogens is 236 g/mol. The molecule has 4 heteroatoms. The van der Waals surface area contributed by atoms with Crippen molar-refractivity contribution >= 4 is 17.5 Å². The Morgan fingerprint density at radius 2 is 2.18 bits per heavy atom. The minimum Gasteiger partial charge on any atom is -0.337 e. The maximum Gasteiger partial charge on any atom is 0.255 e. The van der Waals surface area contributed by atoms with Crippen molar-refractivity contribution in [1.29, 1.82) is 0 Å². The summed E-state index contributed by atoms with van der Waals surface area (Å²) in [5, 5.41) is 0.517. The van der Waals surface area contributed by atoms with E-state index in [1.54, 1.807) is 11.0 Å². The van der Waals surface area contributed by atoms with Gasteiger partial charge < -0.3 is 10.6 Å². The van der Waals surface area contributed by atoms with Crippen LogP contribution in [0.25, 0.3) is 0 Å². The van der Waals surface area contributed by atoms with Crippen LogP contribution in [0.4, 0.5) is 0 Å². The van der Waals surface area contributed by atoms with Crippen LogP contribution in [0.5, 0.6) is 0 Å². The topological polar surface area (TPSA) is 46.3 Å². The molecule has 17 heavy (non-hydrogen) atoms. The van der Waals surface area contributed by atoms with E-state index in [1.807, 2.05) is 19.1 Å². The fourth-order valence-corrected chi connectivity index (χ4v) is 2.44. The molecule has 0 radical (unpaired) electrons.